The van der Waals surface area contributed by atoms with Crippen LogP contribution in [0.5, 0.6) is 11.5 Å². The van der Waals surface area contributed by atoms with E-state index in [0.29, 0.717) is 28.2 Å². The predicted octanol–water partition coefficient (Wildman–Crippen LogP) is 6.69. The van der Waals surface area contributed by atoms with Crippen molar-refractivity contribution in [3.63, 3.8) is 0 Å². The molecule has 0 bridgehead atoms. The molecule has 172 valence electrons. The van der Waals surface area contributed by atoms with Gasteiger partial charge in [-0.3, -0.25) is 9.69 Å². The maximum Gasteiger partial charge on any atom is 0.271 e. The second-order valence-electron chi connectivity index (χ2n) is 7.83. The van der Waals surface area contributed by atoms with Gasteiger partial charge in [-0.2, -0.15) is 0 Å². The lowest BCUT2D eigenvalue weighted by atomic mass is 10.1. The third-order valence-corrected chi connectivity index (χ3v) is 6.17. The Morgan fingerprint density at radius 2 is 1.65 bits per heavy atom. The van der Waals surface area contributed by atoms with Gasteiger partial charge in [-0.1, -0.05) is 54.1 Å². The van der Waals surface area contributed by atoms with Gasteiger partial charge in [-0.05, 0) is 73.6 Å². The summed E-state index contributed by atoms with van der Waals surface area (Å²) in [5.74, 6) is 1.10. The molecule has 3 aromatic carbocycles. The summed E-state index contributed by atoms with van der Waals surface area (Å²) in [7, 11) is 1.59. The van der Waals surface area contributed by atoms with Gasteiger partial charge < -0.3 is 9.47 Å². The first-order valence-electron chi connectivity index (χ1n) is 10.9. The Morgan fingerprint density at radius 3 is 2.29 bits per heavy atom. The highest BCUT2D eigenvalue weighted by Crippen LogP contribution is 2.38. The molecule has 1 heterocycles. The van der Waals surface area contributed by atoms with Gasteiger partial charge in [-0.15, -0.1) is 0 Å². The summed E-state index contributed by atoms with van der Waals surface area (Å²) in [6.45, 7) is 8.11. The van der Waals surface area contributed by atoms with Crippen LogP contribution in [-0.2, 0) is 4.79 Å². The molecule has 1 saturated heterocycles. The van der Waals surface area contributed by atoms with Gasteiger partial charge in [-0.25, -0.2) is 4.99 Å². The largest absolute Gasteiger partial charge is 0.493 e. The van der Waals surface area contributed by atoms with E-state index in [9.17, 15) is 4.79 Å². The van der Waals surface area contributed by atoms with E-state index in [1.54, 1.807) is 18.1 Å². The van der Waals surface area contributed by atoms with Crippen molar-refractivity contribution in [3.8, 4) is 11.5 Å². The topological polar surface area (TPSA) is 51.1 Å². The minimum atomic E-state index is -0.120. The van der Waals surface area contributed by atoms with Crippen LogP contribution in [0.1, 0.15) is 16.7 Å². The van der Waals surface area contributed by atoms with E-state index in [1.807, 2.05) is 86.7 Å². The first-order valence-corrected chi connectivity index (χ1v) is 11.7. The molecule has 1 amide bonds. The molecule has 1 aliphatic heterocycles. The Morgan fingerprint density at radius 1 is 0.971 bits per heavy atom. The van der Waals surface area contributed by atoms with Crippen molar-refractivity contribution in [2.75, 3.05) is 18.6 Å². The van der Waals surface area contributed by atoms with E-state index in [4.69, 9.17) is 14.5 Å². The highest BCUT2D eigenvalue weighted by Gasteiger charge is 2.34. The van der Waals surface area contributed by atoms with E-state index in [1.165, 1.54) is 11.8 Å². The number of aryl methyl sites for hydroxylation is 2. The Balaban J connectivity index is 1.72. The van der Waals surface area contributed by atoms with Gasteiger partial charge in [0.15, 0.2) is 16.7 Å². The number of amides is 1. The average molecular weight is 471 g/mol. The van der Waals surface area contributed by atoms with E-state index in [2.05, 4.69) is 6.58 Å². The molecular formula is C28H26N2O3S. The number of hydrogen-bond donors (Lipinski definition) is 0. The summed E-state index contributed by atoms with van der Waals surface area (Å²) >= 11 is 1.35. The van der Waals surface area contributed by atoms with Crippen LogP contribution < -0.4 is 14.4 Å². The van der Waals surface area contributed by atoms with E-state index < -0.39 is 0 Å². The Bertz CT molecular complexity index is 1260. The van der Waals surface area contributed by atoms with Crippen molar-refractivity contribution in [3.05, 3.63) is 101 Å². The summed E-state index contributed by atoms with van der Waals surface area (Å²) in [5, 5.41) is 0.613. The fourth-order valence-corrected chi connectivity index (χ4v) is 4.39. The van der Waals surface area contributed by atoms with E-state index >= 15 is 0 Å². The molecule has 0 atom stereocenters. The maximum atomic E-state index is 13.5. The quantitative estimate of drug-likeness (QED) is 0.285. The maximum absolute atomic E-state index is 13.5. The van der Waals surface area contributed by atoms with Crippen LogP contribution in [0.4, 0.5) is 11.4 Å². The lowest BCUT2D eigenvalue weighted by molar-refractivity contribution is -0.113. The van der Waals surface area contributed by atoms with Crippen LogP contribution in [0.25, 0.3) is 6.08 Å². The number of benzene rings is 3. The number of methoxy groups -OCH3 is 1. The zero-order chi connectivity index (χ0) is 24.1. The summed E-state index contributed by atoms with van der Waals surface area (Å²) in [6.07, 6.45) is 3.53. The average Bonchev–Trinajstić information content (AvgIpc) is 3.14. The lowest BCUT2D eigenvalue weighted by Gasteiger charge is -2.16. The minimum Gasteiger partial charge on any atom is -0.493 e. The lowest BCUT2D eigenvalue weighted by Crippen LogP contribution is -2.28. The summed E-state index contributed by atoms with van der Waals surface area (Å²) in [6, 6.07) is 21.4. The first-order chi connectivity index (χ1) is 16.5. The van der Waals surface area contributed by atoms with Gasteiger partial charge in [0.2, 0.25) is 0 Å². The molecule has 0 N–H and O–H groups in total. The van der Waals surface area contributed by atoms with Crippen molar-refractivity contribution in [1.82, 2.24) is 0 Å². The number of anilines is 1. The SMILES string of the molecule is C=CCOc1ccc(/C=C2\SC(=Nc3ccc(C)cc3)N(c3ccc(C)cc3)C2=O)cc1OC. The molecule has 0 saturated carbocycles. The Hall–Kier alpha value is -3.77. The van der Waals surface area contributed by atoms with Gasteiger partial charge in [0, 0.05) is 0 Å². The second kappa shape index (κ2) is 10.4. The molecule has 1 aliphatic rings. The number of thioether (sulfide) groups is 1. The number of amidine groups is 1. The fourth-order valence-electron chi connectivity index (χ4n) is 3.39. The van der Waals surface area contributed by atoms with Gasteiger partial charge in [0.05, 0.1) is 23.4 Å². The standard InChI is InChI=1S/C28H26N2O3S/c1-5-16-33-24-15-10-21(17-25(24)32-4)18-26-27(31)30(23-13-8-20(3)9-14-23)28(34-26)29-22-11-6-19(2)7-12-22/h5-15,17-18H,1,16H2,2-4H3/b26-18-,29-28?. The zero-order valence-corrected chi connectivity index (χ0v) is 20.3. The van der Waals surface area contributed by atoms with Crippen molar-refractivity contribution >= 4 is 40.3 Å². The van der Waals surface area contributed by atoms with E-state index in [-0.39, 0.29) is 5.91 Å². The van der Waals surface area contributed by atoms with Crippen LogP contribution in [0.15, 0.2) is 89.3 Å². The van der Waals surface area contributed by atoms with Crippen LogP contribution >= 0.6 is 11.8 Å². The molecule has 0 aromatic heterocycles. The highest BCUT2D eigenvalue weighted by molar-refractivity contribution is 8.19. The number of ether oxygens (including phenoxy) is 2. The third-order valence-electron chi connectivity index (χ3n) is 5.20. The second-order valence-corrected chi connectivity index (χ2v) is 8.84. The van der Waals surface area contributed by atoms with Crippen molar-refractivity contribution in [2.24, 2.45) is 4.99 Å². The third kappa shape index (κ3) is 5.24. The summed E-state index contributed by atoms with van der Waals surface area (Å²) < 4.78 is 11.1. The minimum absolute atomic E-state index is 0.120. The Kier molecular flexibility index (Phi) is 7.18. The number of carbonyl (C=O) groups is 1. The summed E-state index contributed by atoms with van der Waals surface area (Å²) in [4.78, 5) is 20.5. The molecule has 0 unspecified atom stereocenters. The normalized spacial score (nSPS) is 15.7. The molecule has 0 aliphatic carbocycles. The predicted molar refractivity (Wildman–Crippen MR) is 141 cm³/mol. The molecule has 0 spiro atoms. The number of rotatable bonds is 7. The zero-order valence-electron chi connectivity index (χ0n) is 19.4. The molecule has 3 aromatic rings. The summed E-state index contributed by atoms with van der Waals surface area (Å²) in [5.41, 5.74) is 4.69. The first kappa shape index (κ1) is 23.4. The van der Waals surface area contributed by atoms with Gasteiger partial charge in [0.1, 0.15) is 6.61 Å². The molecule has 4 rings (SSSR count). The molecule has 1 fully saturated rings. The number of nitrogens with zero attached hydrogens (tertiary/aromatic N) is 2. The molecule has 5 nitrogen and oxygen atoms in total. The molecule has 6 heteroatoms. The molecular weight excluding hydrogens is 444 g/mol. The van der Waals surface area contributed by atoms with Crippen LogP contribution in [-0.4, -0.2) is 24.8 Å². The molecule has 34 heavy (non-hydrogen) atoms. The highest BCUT2D eigenvalue weighted by atomic mass is 32.2. The smallest absolute Gasteiger partial charge is 0.271 e. The Labute approximate surface area is 204 Å². The van der Waals surface area contributed by atoms with Crippen LogP contribution in [0, 0.1) is 13.8 Å². The van der Waals surface area contributed by atoms with Crippen molar-refractivity contribution in [1.29, 1.82) is 0 Å². The monoisotopic (exact) mass is 470 g/mol. The van der Waals surface area contributed by atoms with E-state index in [0.717, 1.165) is 28.1 Å². The fraction of sp³-hybridized carbons (Fsp3) is 0.143. The molecule has 0 radical (unpaired) electrons. The van der Waals surface area contributed by atoms with Crippen molar-refractivity contribution < 1.29 is 14.3 Å². The number of carbonyl (C=O) groups excluding carboxylic acids is 1. The van der Waals surface area contributed by atoms with Crippen LogP contribution in [0.2, 0.25) is 0 Å². The van der Waals surface area contributed by atoms with Gasteiger partial charge in [0.25, 0.3) is 5.91 Å². The number of aliphatic imine (C=N–C) groups is 1. The van der Waals surface area contributed by atoms with Gasteiger partial charge >= 0.3 is 0 Å². The van der Waals surface area contributed by atoms with Crippen molar-refractivity contribution in [2.45, 2.75) is 13.8 Å². The van der Waals surface area contributed by atoms with Crippen LogP contribution in [0.3, 0.4) is 0 Å². The number of hydrogen-bond acceptors (Lipinski definition) is 5.